The van der Waals surface area contributed by atoms with E-state index in [4.69, 9.17) is 4.74 Å². The van der Waals surface area contributed by atoms with E-state index in [0.717, 1.165) is 0 Å². The maximum Gasteiger partial charge on any atom is 0.338 e. The van der Waals surface area contributed by atoms with Gasteiger partial charge in [0.2, 0.25) is 0 Å². The predicted octanol–water partition coefficient (Wildman–Crippen LogP) is 1.90. The van der Waals surface area contributed by atoms with Crippen molar-refractivity contribution in [3.05, 3.63) is 62.2 Å². The van der Waals surface area contributed by atoms with Gasteiger partial charge in [0, 0.05) is 6.54 Å². The summed E-state index contributed by atoms with van der Waals surface area (Å²) in [5, 5.41) is 3.87. The van der Waals surface area contributed by atoms with Gasteiger partial charge in [0.05, 0.1) is 21.5 Å². The standard InChI is InChI=1S/C19H17N3O5S/c1-3-22-14-7-6-12(9-13(14)20-11(2)18(22)25)19(26)27-10-16(23)21-17(24)15-5-4-8-28-15/h4-9H,3,10H2,1-2H3,(H,21,23,24). The second-order valence-electron chi connectivity index (χ2n) is 5.88. The zero-order valence-electron chi connectivity index (χ0n) is 15.2. The lowest BCUT2D eigenvalue weighted by Gasteiger charge is -2.10. The maximum atomic E-state index is 12.2. The molecule has 0 spiro atoms. The molecule has 1 N–H and O–H groups in total. The fraction of sp³-hybridized carbons (Fsp3) is 0.211. The number of hydrogen-bond acceptors (Lipinski definition) is 7. The first kappa shape index (κ1) is 19.4. The molecule has 3 aromatic rings. The van der Waals surface area contributed by atoms with Crippen molar-refractivity contribution in [2.45, 2.75) is 20.4 Å². The summed E-state index contributed by atoms with van der Waals surface area (Å²) in [5.74, 6) is -1.99. The Morgan fingerprint density at radius 2 is 2.04 bits per heavy atom. The van der Waals surface area contributed by atoms with E-state index in [1.54, 1.807) is 35.1 Å². The summed E-state index contributed by atoms with van der Waals surface area (Å²) in [4.78, 5) is 52.6. The first-order chi connectivity index (χ1) is 13.4. The first-order valence-electron chi connectivity index (χ1n) is 8.46. The number of carbonyl (C=O) groups is 3. The number of esters is 1. The van der Waals surface area contributed by atoms with Gasteiger partial charge in [-0.15, -0.1) is 11.3 Å². The molecular weight excluding hydrogens is 382 g/mol. The largest absolute Gasteiger partial charge is 0.452 e. The highest BCUT2D eigenvalue weighted by Crippen LogP contribution is 2.14. The first-order valence-corrected chi connectivity index (χ1v) is 9.34. The zero-order chi connectivity index (χ0) is 20.3. The van der Waals surface area contributed by atoms with Crippen LogP contribution in [0.3, 0.4) is 0 Å². The van der Waals surface area contributed by atoms with Crippen LogP contribution >= 0.6 is 11.3 Å². The van der Waals surface area contributed by atoms with Gasteiger partial charge in [-0.05, 0) is 43.5 Å². The second kappa shape index (κ2) is 8.13. The van der Waals surface area contributed by atoms with E-state index >= 15 is 0 Å². The van der Waals surface area contributed by atoms with Crippen molar-refractivity contribution >= 4 is 40.2 Å². The summed E-state index contributed by atoms with van der Waals surface area (Å²) in [6, 6.07) is 7.90. The molecular formula is C19H17N3O5S. The number of carbonyl (C=O) groups excluding carboxylic acids is 3. The summed E-state index contributed by atoms with van der Waals surface area (Å²) in [5.41, 5.74) is 1.42. The molecule has 0 unspecified atom stereocenters. The SMILES string of the molecule is CCn1c(=O)c(C)nc2cc(C(=O)OCC(=O)NC(=O)c3cccs3)ccc21. The summed E-state index contributed by atoms with van der Waals surface area (Å²) in [7, 11) is 0. The highest BCUT2D eigenvalue weighted by molar-refractivity contribution is 7.12. The molecule has 2 heterocycles. The van der Waals surface area contributed by atoms with E-state index in [1.807, 2.05) is 6.92 Å². The van der Waals surface area contributed by atoms with Crippen LogP contribution in [0.2, 0.25) is 0 Å². The number of nitrogens with zero attached hydrogens (tertiary/aromatic N) is 2. The number of amides is 2. The lowest BCUT2D eigenvalue weighted by Crippen LogP contribution is -2.33. The van der Waals surface area contributed by atoms with E-state index in [-0.39, 0.29) is 11.1 Å². The molecule has 0 bridgehead atoms. The molecule has 0 fully saturated rings. The Hall–Kier alpha value is -3.33. The monoisotopic (exact) mass is 399 g/mol. The molecule has 8 nitrogen and oxygen atoms in total. The Labute approximate surface area is 163 Å². The minimum Gasteiger partial charge on any atom is -0.452 e. The summed E-state index contributed by atoms with van der Waals surface area (Å²) < 4.78 is 6.54. The average molecular weight is 399 g/mol. The van der Waals surface area contributed by atoms with Gasteiger partial charge in [0.25, 0.3) is 17.4 Å². The molecule has 2 aromatic heterocycles. The van der Waals surface area contributed by atoms with Crippen molar-refractivity contribution in [1.29, 1.82) is 0 Å². The number of nitrogens with one attached hydrogen (secondary N) is 1. The molecule has 0 saturated heterocycles. The van der Waals surface area contributed by atoms with Gasteiger partial charge in [-0.2, -0.15) is 0 Å². The number of hydrogen-bond donors (Lipinski definition) is 1. The quantitative estimate of drug-likeness (QED) is 0.657. The average Bonchev–Trinajstić information content (AvgIpc) is 3.22. The van der Waals surface area contributed by atoms with Gasteiger partial charge >= 0.3 is 5.97 Å². The van der Waals surface area contributed by atoms with Crippen molar-refractivity contribution in [2.24, 2.45) is 0 Å². The van der Waals surface area contributed by atoms with Crippen molar-refractivity contribution in [3.8, 4) is 0 Å². The van der Waals surface area contributed by atoms with Crippen LogP contribution in [-0.4, -0.2) is 33.9 Å². The van der Waals surface area contributed by atoms with Gasteiger partial charge in [-0.3, -0.25) is 19.7 Å². The van der Waals surface area contributed by atoms with Crippen molar-refractivity contribution in [1.82, 2.24) is 14.9 Å². The van der Waals surface area contributed by atoms with Crippen molar-refractivity contribution < 1.29 is 19.1 Å². The third kappa shape index (κ3) is 3.99. The zero-order valence-corrected chi connectivity index (χ0v) is 16.0. The molecule has 144 valence electrons. The molecule has 3 rings (SSSR count). The van der Waals surface area contributed by atoms with Crippen LogP contribution in [0.5, 0.6) is 0 Å². The van der Waals surface area contributed by atoms with Gasteiger partial charge in [0.15, 0.2) is 6.61 Å². The van der Waals surface area contributed by atoms with Crippen LogP contribution < -0.4 is 10.9 Å². The molecule has 0 radical (unpaired) electrons. The van der Waals surface area contributed by atoms with Crippen molar-refractivity contribution in [2.75, 3.05) is 6.61 Å². The fourth-order valence-corrected chi connectivity index (χ4v) is 3.28. The number of aryl methyl sites for hydroxylation is 2. The van der Waals surface area contributed by atoms with Gasteiger partial charge < -0.3 is 9.30 Å². The number of fused-ring (bicyclic) bond motifs is 1. The Morgan fingerprint density at radius 3 is 2.71 bits per heavy atom. The number of aromatic nitrogens is 2. The van der Waals surface area contributed by atoms with Crippen LogP contribution in [0.4, 0.5) is 0 Å². The smallest absolute Gasteiger partial charge is 0.338 e. The predicted molar refractivity (Wildman–Crippen MR) is 103 cm³/mol. The number of rotatable bonds is 5. The van der Waals surface area contributed by atoms with Crippen LogP contribution in [0.25, 0.3) is 11.0 Å². The topological polar surface area (TPSA) is 107 Å². The van der Waals surface area contributed by atoms with E-state index in [9.17, 15) is 19.2 Å². The van der Waals surface area contributed by atoms with Crippen LogP contribution in [0.1, 0.15) is 32.6 Å². The summed E-state index contributed by atoms with van der Waals surface area (Å²) in [6.07, 6.45) is 0. The highest BCUT2D eigenvalue weighted by atomic mass is 32.1. The number of ether oxygens (including phenoxy) is 1. The van der Waals surface area contributed by atoms with Crippen LogP contribution in [-0.2, 0) is 16.1 Å². The van der Waals surface area contributed by atoms with Gasteiger partial charge in [-0.25, -0.2) is 9.78 Å². The Morgan fingerprint density at radius 1 is 1.25 bits per heavy atom. The third-order valence-electron chi connectivity index (χ3n) is 3.99. The molecule has 1 aromatic carbocycles. The molecule has 0 aliphatic rings. The number of benzene rings is 1. The molecule has 0 aliphatic carbocycles. The normalized spacial score (nSPS) is 10.6. The van der Waals surface area contributed by atoms with Crippen molar-refractivity contribution in [3.63, 3.8) is 0 Å². The van der Waals surface area contributed by atoms with E-state index < -0.39 is 24.4 Å². The molecule has 28 heavy (non-hydrogen) atoms. The summed E-state index contributed by atoms with van der Waals surface area (Å²) in [6.45, 7) is 3.34. The van der Waals surface area contributed by atoms with E-state index in [1.165, 1.54) is 23.5 Å². The van der Waals surface area contributed by atoms with E-state index in [2.05, 4.69) is 10.3 Å². The molecule has 0 atom stereocenters. The lowest BCUT2D eigenvalue weighted by atomic mass is 10.2. The Balaban J connectivity index is 1.70. The van der Waals surface area contributed by atoms with E-state index in [0.29, 0.717) is 28.1 Å². The number of imide groups is 1. The minimum atomic E-state index is -0.727. The fourth-order valence-electron chi connectivity index (χ4n) is 2.66. The Bertz CT molecular complexity index is 1120. The van der Waals surface area contributed by atoms with Gasteiger partial charge in [0.1, 0.15) is 5.69 Å². The summed E-state index contributed by atoms with van der Waals surface area (Å²) >= 11 is 1.20. The molecule has 9 heteroatoms. The maximum absolute atomic E-state index is 12.2. The van der Waals surface area contributed by atoms with Crippen LogP contribution in [0.15, 0.2) is 40.5 Å². The second-order valence-corrected chi connectivity index (χ2v) is 6.83. The molecule has 0 aliphatic heterocycles. The molecule has 0 saturated carbocycles. The minimum absolute atomic E-state index is 0.183. The lowest BCUT2D eigenvalue weighted by molar-refractivity contribution is -0.123. The number of thiophene rings is 1. The highest BCUT2D eigenvalue weighted by Gasteiger charge is 2.16. The van der Waals surface area contributed by atoms with Gasteiger partial charge in [-0.1, -0.05) is 6.07 Å². The molecule has 2 amide bonds. The Kier molecular flexibility index (Phi) is 5.65. The third-order valence-corrected chi connectivity index (χ3v) is 4.86. The van der Waals surface area contributed by atoms with Crippen LogP contribution in [0, 0.1) is 6.92 Å².